The highest BCUT2D eigenvalue weighted by atomic mass is 15.2. The first-order valence-corrected chi connectivity index (χ1v) is 20.4. The van der Waals surface area contributed by atoms with Crippen LogP contribution in [0.5, 0.6) is 0 Å². The molecular weight excluding hydrogens is 717 g/mol. The molecule has 3 heterocycles. The summed E-state index contributed by atoms with van der Waals surface area (Å²) in [6.07, 6.45) is 0. The van der Waals surface area contributed by atoms with Gasteiger partial charge in [-0.3, -0.25) is 4.57 Å². The number of benzene rings is 9. The molecule has 1 aliphatic carbocycles. The van der Waals surface area contributed by atoms with Crippen LogP contribution in [0, 0.1) is 0 Å². The van der Waals surface area contributed by atoms with Gasteiger partial charge in [0.1, 0.15) is 0 Å². The highest BCUT2D eigenvalue weighted by Crippen LogP contribution is 2.54. The van der Waals surface area contributed by atoms with Gasteiger partial charge < -0.3 is 4.57 Å². The van der Waals surface area contributed by atoms with Crippen LogP contribution in [-0.4, -0.2) is 19.1 Å². The van der Waals surface area contributed by atoms with Gasteiger partial charge in [0.2, 0.25) is 5.95 Å². The number of hydrogen-bond acceptors (Lipinski definition) is 2. The first kappa shape index (κ1) is 32.5. The summed E-state index contributed by atoms with van der Waals surface area (Å²) in [5.74, 6) is 0.654. The summed E-state index contributed by atoms with van der Waals surface area (Å²) in [5, 5.41) is 10.8. The van der Waals surface area contributed by atoms with Gasteiger partial charge in [0.15, 0.2) is 0 Å². The zero-order valence-corrected chi connectivity index (χ0v) is 32.6. The number of aromatic nitrogens is 4. The Hall–Kier alpha value is -7.56. The lowest BCUT2D eigenvalue weighted by atomic mass is 9.82. The van der Waals surface area contributed by atoms with Gasteiger partial charge in [-0.05, 0) is 74.8 Å². The smallest absolute Gasteiger partial charge is 0.235 e. The Bertz CT molecular complexity index is 3720. The Morgan fingerprint density at radius 3 is 1.86 bits per heavy atom. The van der Waals surface area contributed by atoms with Gasteiger partial charge in [0, 0.05) is 43.3 Å². The molecule has 0 spiro atoms. The number of nitrogens with zero attached hydrogens (tertiary/aromatic N) is 4. The zero-order chi connectivity index (χ0) is 39.0. The number of fused-ring (bicyclic) bond motifs is 14. The molecule has 0 unspecified atom stereocenters. The molecule has 59 heavy (non-hydrogen) atoms. The van der Waals surface area contributed by atoms with Crippen molar-refractivity contribution < 1.29 is 0 Å². The fourth-order valence-electron chi connectivity index (χ4n) is 10.4. The van der Waals surface area contributed by atoms with E-state index in [-0.39, 0.29) is 5.41 Å². The van der Waals surface area contributed by atoms with Gasteiger partial charge in [-0.25, -0.2) is 9.97 Å². The van der Waals surface area contributed by atoms with E-state index in [0.29, 0.717) is 5.95 Å². The van der Waals surface area contributed by atoms with Crippen LogP contribution >= 0.6 is 0 Å². The first-order valence-electron chi connectivity index (χ1n) is 20.4. The monoisotopic (exact) mass is 752 g/mol. The minimum absolute atomic E-state index is 0.157. The normalized spacial score (nSPS) is 13.4. The van der Waals surface area contributed by atoms with E-state index in [1.807, 2.05) is 0 Å². The van der Waals surface area contributed by atoms with Crippen LogP contribution in [0.3, 0.4) is 0 Å². The van der Waals surface area contributed by atoms with E-state index in [9.17, 15) is 0 Å². The van der Waals surface area contributed by atoms with Crippen molar-refractivity contribution in [3.63, 3.8) is 0 Å². The van der Waals surface area contributed by atoms with Gasteiger partial charge in [-0.2, -0.15) is 0 Å². The van der Waals surface area contributed by atoms with Crippen LogP contribution in [0.4, 0.5) is 0 Å². The van der Waals surface area contributed by atoms with Crippen molar-refractivity contribution in [3.8, 4) is 34.0 Å². The molecular formula is C55H36N4. The molecule has 1 aliphatic rings. The van der Waals surface area contributed by atoms with Crippen molar-refractivity contribution in [2.75, 3.05) is 0 Å². The maximum Gasteiger partial charge on any atom is 0.235 e. The minimum atomic E-state index is -0.157. The van der Waals surface area contributed by atoms with Gasteiger partial charge in [0.25, 0.3) is 0 Å². The summed E-state index contributed by atoms with van der Waals surface area (Å²) in [4.78, 5) is 11.1. The summed E-state index contributed by atoms with van der Waals surface area (Å²) in [6, 6.07) is 66.2. The lowest BCUT2D eigenvalue weighted by Crippen LogP contribution is -2.14. The van der Waals surface area contributed by atoms with Crippen LogP contribution < -0.4 is 0 Å². The molecule has 0 N–H and O–H groups in total. The lowest BCUT2D eigenvalue weighted by molar-refractivity contribution is 0.661. The Morgan fingerprint density at radius 2 is 1.07 bits per heavy atom. The lowest BCUT2D eigenvalue weighted by Gasteiger charge is -2.21. The van der Waals surface area contributed by atoms with E-state index >= 15 is 0 Å². The highest BCUT2D eigenvalue weighted by molar-refractivity contribution is 6.28. The summed E-state index contributed by atoms with van der Waals surface area (Å²) in [6.45, 7) is 4.73. The maximum atomic E-state index is 5.60. The molecule has 4 heteroatoms. The van der Waals surface area contributed by atoms with E-state index in [1.54, 1.807) is 0 Å². The Labute approximate surface area is 340 Å². The topological polar surface area (TPSA) is 35.6 Å². The van der Waals surface area contributed by atoms with E-state index in [0.717, 1.165) is 38.9 Å². The zero-order valence-electron chi connectivity index (χ0n) is 32.6. The fourth-order valence-corrected chi connectivity index (χ4v) is 10.4. The molecule has 0 atom stereocenters. The van der Waals surface area contributed by atoms with Crippen molar-refractivity contribution in [3.05, 3.63) is 193 Å². The second-order valence-electron chi connectivity index (χ2n) is 16.5. The third-order valence-electron chi connectivity index (χ3n) is 13.1. The predicted molar refractivity (Wildman–Crippen MR) is 246 cm³/mol. The van der Waals surface area contributed by atoms with Gasteiger partial charge in [-0.15, -0.1) is 0 Å². The van der Waals surface area contributed by atoms with Crippen molar-refractivity contribution in [1.82, 2.24) is 19.1 Å². The largest absolute Gasteiger partial charge is 0.309 e. The van der Waals surface area contributed by atoms with Crippen LogP contribution in [0.25, 0.3) is 110 Å². The molecule has 0 amide bonds. The predicted octanol–water partition coefficient (Wildman–Crippen LogP) is 14.1. The highest BCUT2D eigenvalue weighted by Gasteiger charge is 2.38. The molecule has 13 rings (SSSR count). The van der Waals surface area contributed by atoms with Crippen LogP contribution in [-0.2, 0) is 5.41 Å². The molecule has 0 radical (unpaired) electrons. The molecule has 0 bridgehead atoms. The minimum Gasteiger partial charge on any atom is -0.309 e. The fraction of sp³-hybridized carbons (Fsp3) is 0.0545. The van der Waals surface area contributed by atoms with E-state index < -0.39 is 0 Å². The average molecular weight is 753 g/mol. The Morgan fingerprint density at radius 1 is 0.424 bits per heavy atom. The van der Waals surface area contributed by atoms with Gasteiger partial charge in [-0.1, -0.05) is 159 Å². The Kier molecular flexibility index (Phi) is 6.48. The third-order valence-corrected chi connectivity index (χ3v) is 13.1. The molecule has 0 aliphatic heterocycles. The number of para-hydroxylation sites is 3. The van der Waals surface area contributed by atoms with Crippen molar-refractivity contribution in [2.24, 2.45) is 0 Å². The second kappa shape index (κ2) is 11.7. The van der Waals surface area contributed by atoms with E-state index in [2.05, 4.69) is 205 Å². The van der Waals surface area contributed by atoms with E-state index in [1.165, 1.54) is 76.4 Å². The molecule has 0 fully saturated rings. The molecule has 4 nitrogen and oxygen atoms in total. The van der Waals surface area contributed by atoms with Crippen LogP contribution in [0.2, 0.25) is 0 Å². The summed E-state index contributed by atoms with van der Waals surface area (Å²) >= 11 is 0. The summed E-state index contributed by atoms with van der Waals surface area (Å²) < 4.78 is 4.80. The van der Waals surface area contributed by atoms with E-state index in [4.69, 9.17) is 9.97 Å². The SMILES string of the molecule is CC1(C)c2ccccc2-c2c1ccc1c2c2c3ccccc3c(-n3c4ccccc4c4ccccc43)cc2n1-c1nc(-c2ccc3ccccc3c2)c2ccccc2n1. The number of hydrogen-bond donors (Lipinski definition) is 0. The molecule has 0 saturated carbocycles. The summed E-state index contributed by atoms with van der Waals surface area (Å²) in [7, 11) is 0. The van der Waals surface area contributed by atoms with Gasteiger partial charge in [0.05, 0.1) is 39.0 Å². The molecule has 12 aromatic rings. The Balaban J connectivity index is 1.23. The van der Waals surface area contributed by atoms with Crippen LogP contribution in [0.15, 0.2) is 182 Å². The van der Waals surface area contributed by atoms with Crippen molar-refractivity contribution >= 4 is 76.1 Å². The molecule has 276 valence electrons. The van der Waals surface area contributed by atoms with Crippen molar-refractivity contribution in [1.29, 1.82) is 0 Å². The van der Waals surface area contributed by atoms with Crippen LogP contribution in [0.1, 0.15) is 25.0 Å². The first-order chi connectivity index (χ1) is 29.0. The second-order valence-corrected chi connectivity index (χ2v) is 16.5. The summed E-state index contributed by atoms with van der Waals surface area (Å²) in [5.41, 5.74) is 13.7. The third kappa shape index (κ3) is 4.38. The molecule has 0 saturated heterocycles. The maximum absolute atomic E-state index is 5.60. The quantitative estimate of drug-likeness (QED) is 0.180. The van der Waals surface area contributed by atoms with Gasteiger partial charge >= 0.3 is 0 Å². The number of rotatable bonds is 3. The molecule has 9 aromatic carbocycles. The standard InChI is InChI=1S/C55H36N4/c1-55(2)42-23-11-7-21-40(42)50-43(55)29-30-47-52(50)51-39-20-6-5-19-38(39)48(58-45-25-13-9-17-36(45)37-18-10-14-26-46(37)58)32-49(51)59(47)54-56-44-24-12-8-22-41(44)53(57-54)35-28-27-33-15-3-4-16-34(33)31-35/h3-32H,1-2H3. The molecule has 3 aromatic heterocycles. The average Bonchev–Trinajstić information content (AvgIpc) is 3.88. The van der Waals surface area contributed by atoms with Crippen molar-refractivity contribution in [2.45, 2.75) is 19.3 Å².